The summed E-state index contributed by atoms with van der Waals surface area (Å²) in [6.07, 6.45) is 0. The average Bonchev–Trinajstić information content (AvgIpc) is 3.11. The molecule has 6 nitrogen and oxygen atoms in total. The Labute approximate surface area is 152 Å². The van der Waals surface area contributed by atoms with Gasteiger partial charge in [-0.05, 0) is 59.8 Å². The van der Waals surface area contributed by atoms with Gasteiger partial charge in [-0.1, -0.05) is 11.8 Å². The molecular formula is C17H14F2N4O2S. The van der Waals surface area contributed by atoms with Crippen molar-refractivity contribution in [2.45, 2.75) is 17.3 Å². The van der Waals surface area contributed by atoms with E-state index >= 15 is 0 Å². The molecule has 0 saturated heterocycles. The van der Waals surface area contributed by atoms with Gasteiger partial charge in [0, 0.05) is 5.56 Å². The second-order valence-corrected chi connectivity index (χ2v) is 6.63. The number of rotatable bonds is 6. The number of thioether (sulfide) groups is 1. The van der Waals surface area contributed by atoms with E-state index in [-0.39, 0.29) is 11.3 Å². The van der Waals surface area contributed by atoms with E-state index in [1.165, 1.54) is 10.7 Å². The Hall–Kier alpha value is -2.81. The van der Waals surface area contributed by atoms with Crippen LogP contribution in [0.5, 0.6) is 5.75 Å². The minimum Gasteiger partial charge on any atom is -0.497 e. The molecule has 1 heterocycles. The fraction of sp³-hybridized carbons (Fsp3) is 0.176. The number of hydrogen-bond donors (Lipinski definition) is 0. The van der Waals surface area contributed by atoms with Gasteiger partial charge in [0.15, 0.2) is 17.4 Å². The van der Waals surface area contributed by atoms with Gasteiger partial charge in [-0.3, -0.25) is 4.79 Å². The van der Waals surface area contributed by atoms with Gasteiger partial charge in [-0.2, -0.15) is 4.68 Å². The molecule has 0 aliphatic carbocycles. The van der Waals surface area contributed by atoms with Crippen LogP contribution in [0.15, 0.2) is 47.6 Å². The Bertz CT molecular complexity index is 931. The lowest BCUT2D eigenvalue weighted by Crippen LogP contribution is -2.15. The fourth-order valence-corrected chi connectivity index (χ4v) is 3.12. The number of benzene rings is 2. The Kier molecular flexibility index (Phi) is 5.27. The summed E-state index contributed by atoms with van der Waals surface area (Å²) in [5.41, 5.74) is 0.790. The Balaban J connectivity index is 1.79. The molecule has 0 N–H and O–H groups in total. The minimum absolute atomic E-state index is 0.0902. The number of methoxy groups -OCH3 is 1. The van der Waals surface area contributed by atoms with Gasteiger partial charge < -0.3 is 4.74 Å². The number of hydrogen-bond acceptors (Lipinski definition) is 6. The van der Waals surface area contributed by atoms with E-state index in [9.17, 15) is 13.6 Å². The van der Waals surface area contributed by atoms with Gasteiger partial charge in [0.2, 0.25) is 5.16 Å². The van der Waals surface area contributed by atoms with Crippen LogP contribution in [0.2, 0.25) is 0 Å². The number of ketones is 1. The number of aromatic nitrogens is 4. The van der Waals surface area contributed by atoms with E-state index < -0.39 is 16.9 Å². The molecule has 1 atom stereocenters. The predicted octanol–water partition coefficient (Wildman–Crippen LogP) is 3.31. The van der Waals surface area contributed by atoms with Crippen molar-refractivity contribution in [1.82, 2.24) is 20.2 Å². The van der Waals surface area contributed by atoms with Gasteiger partial charge in [0.1, 0.15) is 5.75 Å². The highest BCUT2D eigenvalue weighted by atomic mass is 32.2. The summed E-state index contributed by atoms with van der Waals surface area (Å²) < 4.78 is 33.0. The van der Waals surface area contributed by atoms with E-state index in [1.807, 2.05) is 0 Å². The summed E-state index contributed by atoms with van der Waals surface area (Å²) in [6.45, 7) is 1.65. The Morgan fingerprint density at radius 2 is 1.88 bits per heavy atom. The molecule has 0 aliphatic heterocycles. The second-order valence-electron chi connectivity index (χ2n) is 5.32. The van der Waals surface area contributed by atoms with Crippen molar-refractivity contribution in [3.05, 3.63) is 59.7 Å². The molecule has 3 rings (SSSR count). The minimum atomic E-state index is -1.06. The number of carbonyl (C=O) groups is 1. The quantitative estimate of drug-likeness (QED) is 0.486. The number of Topliss-reactive ketones (excluding diaryl/α,β-unsaturated/α-hetero) is 1. The highest BCUT2D eigenvalue weighted by Crippen LogP contribution is 2.26. The lowest BCUT2D eigenvalue weighted by molar-refractivity contribution is 0.0993. The molecular weight excluding hydrogens is 362 g/mol. The Morgan fingerprint density at radius 1 is 1.15 bits per heavy atom. The highest BCUT2D eigenvalue weighted by molar-refractivity contribution is 8.00. The third kappa shape index (κ3) is 3.72. The molecule has 0 spiro atoms. The molecule has 1 aromatic heterocycles. The normalized spacial score (nSPS) is 12.0. The van der Waals surface area contributed by atoms with Crippen molar-refractivity contribution < 1.29 is 18.3 Å². The first kappa shape index (κ1) is 18.0. The zero-order valence-corrected chi connectivity index (χ0v) is 14.7. The van der Waals surface area contributed by atoms with E-state index in [0.29, 0.717) is 16.6 Å². The van der Waals surface area contributed by atoms with E-state index in [1.54, 1.807) is 38.3 Å². The van der Waals surface area contributed by atoms with E-state index in [0.717, 1.165) is 23.9 Å². The molecule has 0 bridgehead atoms. The van der Waals surface area contributed by atoms with Crippen LogP contribution in [-0.2, 0) is 0 Å². The van der Waals surface area contributed by atoms with Crippen LogP contribution in [0.4, 0.5) is 8.78 Å². The zero-order chi connectivity index (χ0) is 18.7. The lowest BCUT2D eigenvalue weighted by atomic mass is 10.1. The van der Waals surface area contributed by atoms with Crippen molar-refractivity contribution >= 4 is 17.5 Å². The summed E-state index contributed by atoms with van der Waals surface area (Å²) >= 11 is 1.12. The molecule has 26 heavy (non-hydrogen) atoms. The standard InChI is InChI=1S/C17H14F2N4O2S/c1-10(16(24)11-3-8-14(18)15(19)9-11)26-17-20-21-22-23(17)12-4-6-13(25-2)7-5-12/h3-10H,1-2H3/t10-/m1/s1. The van der Waals surface area contributed by atoms with Crippen LogP contribution < -0.4 is 4.74 Å². The number of halogens is 2. The topological polar surface area (TPSA) is 69.9 Å². The largest absolute Gasteiger partial charge is 0.497 e. The summed E-state index contributed by atoms with van der Waals surface area (Å²) in [5.74, 6) is -1.71. The summed E-state index contributed by atoms with van der Waals surface area (Å²) in [6, 6.07) is 10.2. The SMILES string of the molecule is COc1ccc(-n2nnnc2S[C@H](C)C(=O)c2ccc(F)c(F)c2)cc1. The molecule has 9 heteroatoms. The molecule has 0 radical (unpaired) electrons. The molecule has 3 aromatic rings. The first-order valence-electron chi connectivity index (χ1n) is 7.58. The van der Waals surface area contributed by atoms with Crippen LogP contribution in [0.3, 0.4) is 0 Å². The van der Waals surface area contributed by atoms with Crippen LogP contribution in [0.1, 0.15) is 17.3 Å². The molecule has 2 aromatic carbocycles. The van der Waals surface area contributed by atoms with Crippen LogP contribution >= 0.6 is 11.8 Å². The lowest BCUT2D eigenvalue weighted by Gasteiger charge is -2.10. The monoisotopic (exact) mass is 376 g/mol. The maximum Gasteiger partial charge on any atom is 0.214 e. The maximum absolute atomic E-state index is 13.3. The predicted molar refractivity (Wildman–Crippen MR) is 91.7 cm³/mol. The number of nitrogens with zero attached hydrogens (tertiary/aromatic N) is 4. The molecule has 0 amide bonds. The maximum atomic E-state index is 13.3. The average molecular weight is 376 g/mol. The fourth-order valence-electron chi connectivity index (χ4n) is 2.23. The van der Waals surface area contributed by atoms with Crippen LogP contribution in [-0.4, -0.2) is 38.4 Å². The summed E-state index contributed by atoms with van der Waals surface area (Å²) in [5, 5.41) is 11.3. The third-order valence-electron chi connectivity index (χ3n) is 3.61. The Morgan fingerprint density at radius 3 is 2.54 bits per heavy atom. The number of carbonyl (C=O) groups excluding carboxylic acids is 1. The van der Waals surface area contributed by atoms with Crippen molar-refractivity contribution in [2.75, 3.05) is 7.11 Å². The molecule has 0 saturated carbocycles. The van der Waals surface area contributed by atoms with E-state index in [4.69, 9.17) is 4.74 Å². The van der Waals surface area contributed by atoms with Gasteiger partial charge in [0.25, 0.3) is 0 Å². The summed E-state index contributed by atoms with van der Waals surface area (Å²) in [4.78, 5) is 12.5. The van der Waals surface area contributed by atoms with Crippen LogP contribution in [0, 0.1) is 11.6 Å². The molecule has 0 aliphatic rings. The second kappa shape index (κ2) is 7.61. The van der Waals surface area contributed by atoms with Gasteiger partial charge >= 0.3 is 0 Å². The highest BCUT2D eigenvalue weighted by Gasteiger charge is 2.21. The first-order chi connectivity index (χ1) is 12.5. The molecule has 134 valence electrons. The van der Waals surface area contributed by atoms with Crippen molar-refractivity contribution in [2.24, 2.45) is 0 Å². The van der Waals surface area contributed by atoms with Crippen molar-refractivity contribution in [3.63, 3.8) is 0 Å². The molecule has 0 fully saturated rings. The van der Waals surface area contributed by atoms with Crippen molar-refractivity contribution in [3.8, 4) is 11.4 Å². The van der Waals surface area contributed by atoms with Crippen LogP contribution in [0.25, 0.3) is 5.69 Å². The summed E-state index contributed by atoms with van der Waals surface area (Å²) in [7, 11) is 1.57. The first-order valence-corrected chi connectivity index (χ1v) is 8.46. The van der Waals surface area contributed by atoms with Gasteiger partial charge in [-0.25, -0.2) is 8.78 Å². The number of ether oxygens (including phenoxy) is 1. The van der Waals surface area contributed by atoms with Crippen molar-refractivity contribution in [1.29, 1.82) is 0 Å². The van der Waals surface area contributed by atoms with Gasteiger partial charge in [0.05, 0.1) is 18.0 Å². The smallest absolute Gasteiger partial charge is 0.214 e. The van der Waals surface area contributed by atoms with Gasteiger partial charge in [-0.15, -0.1) is 5.10 Å². The molecule has 0 unspecified atom stereocenters. The third-order valence-corrected chi connectivity index (χ3v) is 4.65. The van der Waals surface area contributed by atoms with E-state index in [2.05, 4.69) is 15.5 Å². The number of tetrazole rings is 1. The zero-order valence-electron chi connectivity index (χ0n) is 13.9.